The van der Waals surface area contributed by atoms with Crippen molar-refractivity contribution in [3.8, 4) is 5.75 Å². The minimum Gasteiger partial charge on any atom is -0.494 e. The summed E-state index contributed by atoms with van der Waals surface area (Å²) in [5.41, 5.74) is 3.62. The van der Waals surface area contributed by atoms with Crippen LogP contribution in [0.25, 0.3) is 10.9 Å². The molecule has 2 radical (unpaired) electrons. The van der Waals surface area contributed by atoms with Crippen LogP contribution in [0.2, 0.25) is 0 Å². The number of nitrogens with zero attached hydrogens (tertiary/aromatic N) is 2. The lowest BCUT2D eigenvalue weighted by atomic mass is 9.89. The van der Waals surface area contributed by atoms with E-state index in [1.54, 1.807) is 31.5 Å². The maximum Gasteiger partial charge on any atom is 0.251 e. The Morgan fingerprint density at radius 3 is 2.56 bits per heavy atom. The predicted octanol–water partition coefficient (Wildman–Crippen LogP) is 2.62. The number of anilines is 2. The molecule has 0 aliphatic carbocycles. The number of aryl methyl sites for hydroxylation is 1. The molecule has 0 unspecified atom stereocenters. The summed E-state index contributed by atoms with van der Waals surface area (Å²) in [4.78, 5) is 20.9. The van der Waals surface area contributed by atoms with Gasteiger partial charge in [0.2, 0.25) is 5.95 Å². The molecule has 0 saturated heterocycles. The quantitative estimate of drug-likeness (QED) is 0.684. The molecule has 0 spiro atoms. The van der Waals surface area contributed by atoms with Crippen molar-refractivity contribution in [3.63, 3.8) is 0 Å². The van der Waals surface area contributed by atoms with Gasteiger partial charge in [0.1, 0.15) is 19.1 Å². The second kappa shape index (κ2) is 7.66. The lowest BCUT2D eigenvalue weighted by Gasteiger charge is -2.12. The number of carbonyl (C=O) groups excluding carboxylic acids is 1. The maximum absolute atomic E-state index is 12.0. The van der Waals surface area contributed by atoms with Crippen molar-refractivity contribution in [3.05, 3.63) is 47.7 Å². The number of hydrogen-bond acceptors (Lipinski definition) is 5. The molecule has 27 heavy (non-hydrogen) atoms. The first-order valence-electron chi connectivity index (χ1n) is 8.66. The van der Waals surface area contributed by atoms with Crippen LogP contribution in [0.1, 0.15) is 29.8 Å². The summed E-state index contributed by atoms with van der Waals surface area (Å²) in [5, 5.41) is 6.86. The Bertz CT molecular complexity index is 987. The van der Waals surface area contributed by atoms with E-state index >= 15 is 0 Å². The monoisotopic (exact) mass is 360 g/mol. The van der Waals surface area contributed by atoms with E-state index in [1.807, 2.05) is 32.9 Å². The van der Waals surface area contributed by atoms with Gasteiger partial charge in [0.25, 0.3) is 5.91 Å². The third-order valence-corrected chi connectivity index (χ3v) is 4.19. The zero-order valence-corrected chi connectivity index (χ0v) is 15.8. The van der Waals surface area contributed by atoms with E-state index in [0.717, 1.165) is 16.6 Å². The first-order valence-corrected chi connectivity index (χ1v) is 8.66. The molecular weight excluding hydrogens is 339 g/mol. The molecule has 0 atom stereocenters. The molecule has 6 nitrogen and oxygen atoms in total. The molecular formula is C20H21BN4O2. The van der Waals surface area contributed by atoms with Crippen molar-refractivity contribution in [2.24, 2.45) is 0 Å². The number of fused-ring (bicyclic) bond motifs is 1. The Labute approximate surface area is 159 Å². The second-order valence-electron chi connectivity index (χ2n) is 6.58. The number of hydrogen-bond donors (Lipinski definition) is 2. The lowest BCUT2D eigenvalue weighted by Crippen LogP contribution is -2.29. The fourth-order valence-corrected chi connectivity index (χ4v) is 2.71. The largest absolute Gasteiger partial charge is 0.494 e. The standard InChI is InChI=1S/C20H21BN4O2/c1-11(2)23-19(26)13-5-7-14(8-6-13)24-20-22-10-15-12(3)16(21)9-17(27-4)18(15)25-20/h5-11H,1-4H3,(H,23,26)(H,22,24,25). The van der Waals surface area contributed by atoms with E-state index in [-0.39, 0.29) is 11.9 Å². The minimum atomic E-state index is -0.101. The zero-order chi connectivity index (χ0) is 19.6. The van der Waals surface area contributed by atoms with Crippen LogP contribution in [0.3, 0.4) is 0 Å². The third kappa shape index (κ3) is 4.02. The Kier molecular flexibility index (Phi) is 5.30. The van der Waals surface area contributed by atoms with Crippen molar-refractivity contribution >= 4 is 41.8 Å². The highest BCUT2D eigenvalue weighted by Gasteiger charge is 2.11. The smallest absolute Gasteiger partial charge is 0.251 e. The molecule has 0 bridgehead atoms. The molecule has 2 N–H and O–H groups in total. The van der Waals surface area contributed by atoms with E-state index < -0.39 is 0 Å². The number of methoxy groups -OCH3 is 1. The van der Waals surface area contributed by atoms with Crippen molar-refractivity contribution in [1.29, 1.82) is 0 Å². The van der Waals surface area contributed by atoms with E-state index in [4.69, 9.17) is 12.6 Å². The summed E-state index contributed by atoms with van der Waals surface area (Å²) < 4.78 is 5.40. The summed E-state index contributed by atoms with van der Waals surface area (Å²) >= 11 is 0. The van der Waals surface area contributed by atoms with Gasteiger partial charge < -0.3 is 15.4 Å². The van der Waals surface area contributed by atoms with Crippen molar-refractivity contribution in [2.45, 2.75) is 26.8 Å². The molecule has 0 saturated carbocycles. The zero-order valence-electron chi connectivity index (χ0n) is 15.8. The Balaban J connectivity index is 1.86. The molecule has 7 heteroatoms. The molecule has 1 heterocycles. The van der Waals surface area contributed by atoms with Crippen LogP contribution in [0.15, 0.2) is 36.5 Å². The molecule has 0 fully saturated rings. The molecule has 1 amide bonds. The number of nitrogens with one attached hydrogen (secondary N) is 2. The van der Waals surface area contributed by atoms with Gasteiger partial charge in [0, 0.05) is 28.9 Å². The van der Waals surface area contributed by atoms with Crippen LogP contribution in [0.4, 0.5) is 11.6 Å². The van der Waals surface area contributed by atoms with Crippen molar-refractivity contribution in [2.75, 3.05) is 12.4 Å². The normalized spacial score (nSPS) is 10.9. The lowest BCUT2D eigenvalue weighted by molar-refractivity contribution is 0.0943. The molecule has 3 rings (SSSR count). The minimum absolute atomic E-state index is 0.0915. The Morgan fingerprint density at radius 1 is 1.22 bits per heavy atom. The summed E-state index contributed by atoms with van der Waals surface area (Å²) in [6.45, 7) is 5.78. The predicted molar refractivity (Wildman–Crippen MR) is 109 cm³/mol. The summed E-state index contributed by atoms with van der Waals surface area (Å²) in [7, 11) is 7.59. The van der Waals surface area contributed by atoms with Gasteiger partial charge in [-0.15, -0.1) is 0 Å². The van der Waals surface area contributed by atoms with Gasteiger partial charge >= 0.3 is 0 Å². The first kappa shape index (κ1) is 18.7. The van der Waals surface area contributed by atoms with E-state index in [2.05, 4.69) is 20.6 Å². The Hall–Kier alpha value is -3.09. The Morgan fingerprint density at radius 2 is 1.93 bits per heavy atom. The number of carbonyl (C=O) groups is 1. The molecule has 1 aromatic heterocycles. The highest BCUT2D eigenvalue weighted by Crippen LogP contribution is 2.26. The van der Waals surface area contributed by atoms with Crippen LogP contribution in [0, 0.1) is 6.92 Å². The number of ether oxygens (including phenoxy) is 1. The van der Waals surface area contributed by atoms with Crippen LogP contribution in [-0.4, -0.2) is 36.9 Å². The molecule has 2 aromatic carbocycles. The summed E-state index contributed by atoms with van der Waals surface area (Å²) in [6, 6.07) is 8.99. The van der Waals surface area contributed by atoms with Gasteiger partial charge in [-0.3, -0.25) is 4.79 Å². The fourth-order valence-electron chi connectivity index (χ4n) is 2.71. The third-order valence-electron chi connectivity index (χ3n) is 4.19. The van der Waals surface area contributed by atoms with Gasteiger partial charge in [0.15, 0.2) is 0 Å². The van der Waals surface area contributed by atoms with E-state index in [1.165, 1.54) is 0 Å². The van der Waals surface area contributed by atoms with E-state index in [0.29, 0.717) is 28.2 Å². The van der Waals surface area contributed by atoms with Gasteiger partial charge in [-0.2, -0.15) is 0 Å². The van der Waals surface area contributed by atoms with Crippen molar-refractivity contribution < 1.29 is 9.53 Å². The van der Waals surface area contributed by atoms with Crippen molar-refractivity contribution in [1.82, 2.24) is 15.3 Å². The van der Waals surface area contributed by atoms with Crippen LogP contribution in [0.5, 0.6) is 5.75 Å². The highest BCUT2D eigenvalue weighted by atomic mass is 16.5. The second-order valence-corrected chi connectivity index (χ2v) is 6.58. The van der Waals surface area contributed by atoms with Gasteiger partial charge in [-0.25, -0.2) is 9.97 Å². The molecule has 0 aliphatic rings. The highest BCUT2D eigenvalue weighted by molar-refractivity contribution is 6.34. The average molecular weight is 360 g/mol. The van der Waals surface area contributed by atoms with Gasteiger partial charge in [-0.05, 0) is 56.7 Å². The van der Waals surface area contributed by atoms with E-state index in [9.17, 15) is 4.79 Å². The molecule has 136 valence electrons. The molecule has 3 aromatic rings. The van der Waals surface area contributed by atoms with Crippen LogP contribution >= 0.6 is 0 Å². The van der Waals surface area contributed by atoms with Gasteiger partial charge in [0.05, 0.1) is 7.11 Å². The van der Waals surface area contributed by atoms with Crippen LogP contribution < -0.4 is 20.8 Å². The maximum atomic E-state index is 12.0. The number of amides is 1. The van der Waals surface area contributed by atoms with Gasteiger partial charge in [-0.1, -0.05) is 5.46 Å². The summed E-state index contributed by atoms with van der Waals surface area (Å²) in [5.74, 6) is 0.930. The fraction of sp³-hybridized carbons (Fsp3) is 0.250. The number of aromatic nitrogens is 2. The number of rotatable bonds is 5. The SMILES string of the molecule is [B]c1cc(OC)c2nc(Nc3ccc(C(=O)NC(C)C)cc3)ncc2c1C. The first-order chi connectivity index (χ1) is 12.9. The number of benzene rings is 2. The molecule has 0 aliphatic heterocycles. The topological polar surface area (TPSA) is 76.1 Å². The van der Waals surface area contributed by atoms with Crippen LogP contribution in [-0.2, 0) is 0 Å². The average Bonchev–Trinajstić information content (AvgIpc) is 2.64. The summed E-state index contributed by atoms with van der Waals surface area (Å²) in [6.07, 6.45) is 1.73.